The topological polar surface area (TPSA) is 3.24 Å². The number of unbranched alkanes of at least 4 members (excludes halogenated alkanes) is 2. The van der Waals surface area contributed by atoms with Crippen LogP contribution in [0.4, 0.5) is 0 Å². The van der Waals surface area contributed by atoms with Gasteiger partial charge in [-0.05, 0) is 33.7 Å². The van der Waals surface area contributed by atoms with Crippen LogP contribution >= 0.6 is 0 Å². The number of rotatable bonds is 4. The Morgan fingerprint density at radius 1 is 1.13 bits per heavy atom. The highest BCUT2D eigenvalue weighted by molar-refractivity contribution is 4.80. The maximum atomic E-state index is 2.54. The second kappa shape index (κ2) is 4.84. The van der Waals surface area contributed by atoms with Gasteiger partial charge < -0.3 is 4.48 Å². The van der Waals surface area contributed by atoms with Gasteiger partial charge in [-0.3, -0.25) is 0 Å². The molecule has 0 amide bonds. The summed E-state index contributed by atoms with van der Waals surface area (Å²) in [5, 5.41) is 0. The van der Waals surface area contributed by atoms with Crippen LogP contribution < -0.4 is 0 Å². The lowest BCUT2D eigenvalue weighted by molar-refractivity contribution is -0.945. The number of quaternary nitrogens is 1. The molecule has 0 radical (unpaired) electrons. The van der Waals surface area contributed by atoms with Crippen molar-refractivity contribution in [3.05, 3.63) is 0 Å². The van der Waals surface area contributed by atoms with E-state index in [2.05, 4.69) is 46.7 Å². The summed E-state index contributed by atoms with van der Waals surface area (Å²) in [6.07, 6.45) is 4.76. The maximum Gasteiger partial charge on any atom is 0.142 e. The first kappa shape index (κ1) is 13.0. The van der Waals surface area contributed by atoms with Gasteiger partial charge in [-0.15, -0.1) is 0 Å². The number of nitrogens with zero attached hydrogens (tertiary/aromatic N) is 2. The molecule has 1 rings (SSSR count). The Labute approximate surface area is 95.8 Å². The highest BCUT2D eigenvalue weighted by Crippen LogP contribution is 2.32. The van der Waals surface area contributed by atoms with Crippen LogP contribution in [0.2, 0.25) is 0 Å². The van der Waals surface area contributed by atoms with Crippen molar-refractivity contribution < 1.29 is 4.48 Å². The van der Waals surface area contributed by atoms with E-state index in [0.29, 0.717) is 12.2 Å². The van der Waals surface area contributed by atoms with E-state index in [0.717, 1.165) is 6.04 Å². The van der Waals surface area contributed by atoms with Crippen LogP contribution in [0.5, 0.6) is 0 Å². The molecule has 15 heavy (non-hydrogen) atoms. The molecule has 0 saturated carbocycles. The molecule has 2 nitrogen and oxygen atoms in total. The van der Waals surface area contributed by atoms with Gasteiger partial charge in [0.05, 0.1) is 19.6 Å². The average Bonchev–Trinajstić information content (AvgIpc) is 2.36. The minimum atomic E-state index is 0.673. The van der Waals surface area contributed by atoms with E-state index in [1.165, 1.54) is 30.3 Å². The van der Waals surface area contributed by atoms with Crippen LogP contribution in [-0.4, -0.2) is 48.3 Å². The molecular formula is C13H29N2+. The molecule has 1 aliphatic rings. The van der Waals surface area contributed by atoms with E-state index in [4.69, 9.17) is 0 Å². The molecule has 0 spiro atoms. The summed E-state index contributed by atoms with van der Waals surface area (Å²) in [4.78, 5) is 2.54. The highest BCUT2D eigenvalue weighted by Gasteiger charge is 2.48. The lowest BCUT2D eigenvalue weighted by atomic mass is 10.1. The Morgan fingerprint density at radius 2 is 1.73 bits per heavy atom. The van der Waals surface area contributed by atoms with Crippen LogP contribution in [0.3, 0.4) is 0 Å². The first-order chi connectivity index (χ1) is 6.95. The lowest BCUT2D eigenvalue weighted by Gasteiger charge is -2.39. The first-order valence-electron chi connectivity index (χ1n) is 6.52. The van der Waals surface area contributed by atoms with Gasteiger partial charge in [0.15, 0.2) is 0 Å². The number of likely N-dealkylation sites (N-methyl/N-ethyl adjacent to an activating group) is 2. The maximum absolute atomic E-state index is 2.54. The summed E-state index contributed by atoms with van der Waals surface area (Å²) in [5.41, 5.74) is 0. The Morgan fingerprint density at radius 3 is 2.13 bits per heavy atom. The van der Waals surface area contributed by atoms with Gasteiger partial charge in [-0.2, -0.15) is 0 Å². The fourth-order valence-electron chi connectivity index (χ4n) is 3.02. The Hall–Kier alpha value is -0.0800. The lowest BCUT2D eigenvalue weighted by Crippen LogP contribution is -2.54. The van der Waals surface area contributed by atoms with Gasteiger partial charge in [0.2, 0.25) is 0 Å². The number of hydrogen-bond donors (Lipinski definition) is 0. The fourth-order valence-corrected chi connectivity index (χ4v) is 3.02. The van der Waals surface area contributed by atoms with E-state index in [-0.39, 0.29) is 0 Å². The third kappa shape index (κ3) is 2.21. The molecule has 1 fully saturated rings. The van der Waals surface area contributed by atoms with Crippen molar-refractivity contribution in [1.82, 2.24) is 4.90 Å². The van der Waals surface area contributed by atoms with Crippen molar-refractivity contribution in [2.24, 2.45) is 0 Å². The van der Waals surface area contributed by atoms with Gasteiger partial charge in [-0.1, -0.05) is 13.3 Å². The van der Waals surface area contributed by atoms with Crippen LogP contribution in [-0.2, 0) is 0 Å². The van der Waals surface area contributed by atoms with Crippen molar-refractivity contribution >= 4 is 0 Å². The Kier molecular flexibility index (Phi) is 4.19. The molecule has 1 saturated heterocycles. The Bertz CT molecular complexity index is 189. The van der Waals surface area contributed by atoms with E-state index < -0.39 is 0 Å². The van der Waals surface area contributed by atoms with Gasteiger partial charge in [-0.25, -0.2) is 4.90 Å². The van der Waals surface area contributed by atoms with Crippen LogP contribution in [0.15, 0.2) is 0 Å². The molecule has 4 unspecified atom stereocenters. The van der Waals surface area contributed by atoms with Crippen LogP contribution in [0.1, 0.15) is 47.0 Å². The molecule has 1 heterocycles. The van der Waals surface area contributed by atoms with Gasteiger partial charge >= 0.3 is 0 Å². The standard InChI is InChI=1S/C13H29N2/c1-7-8-9-10-15(6)12(3)11(2)14(5)13(15)4/h11-13H,7-10H2,1-6H3/q+1. The summed E-state index contributed by atoms with van der Waals surface area (Å²) in [6.45, 7) is 10.8. The van der Waals surface area contributed by atoms with Crippen molar-refractivity contribution in [3.8, 4) is 0 Å². The van der Waals surface area contributed by atoms with E-state index in [9.17, 15) is 0 Å². The molecule has 0 aromatic carbocycles. The molecule has 2 heteroatoms. The molecule has 4 atom stereocenters. The molecule has 90 valence electrons. The Balaban J connectivity index is 2.65. The van der Waals surface area contributed by atoms with Crippen molar-refractivity contribution in [2.75, 3.05) is 20.6 Å². The zero-order valence-electron chi connectivity index (χ0n) is 11.5. The first-order valence-corrected chi connectivity index (χ1v) is 6.52. The third-order valence-electron chi connectivity index (χ3n) is 4.96. The van der Waals surface area contributed by atoms with Crippen LogP contribution in [0, 0.1) is 0 Å². The van der Waals surface area contributed by atoms with E-state index in [1.54, 1.807) is 0 Å². The van der Waals surface area contributed by atoms with Gasteiger partial charge in [0, 0.05) is 6.92 Å². The summed E-state index contributed by atoms with van der Waals surface area (Å²) in [6, 6.07) is 1.48. The second-order valence-corrected chi connectivity index (χ2v) is 5.56. The fraction of sp³-hybridized carbons (Fsp3) is 1.00. The monoisotopic (exact) mass is 213 g/mol. The molecule has 0 N–H and O–H groups in total. The second-order valence-electron chi connectivity index (χ2n) is 5.56. The zero-order valence-corrected chi connectivity index (χ0v) is 11.5. The van der Waals surface area contributed by atoms with Crippen molar-refractivity contribution in [3.63, 3.8) is 0 Å². The van der Waals surface area contributed by atoms with Crippen molar-refractivity contribution in [1.29, 1.82) is 0 Å². The predicted octanol–water partition coefficient (Wildman–Crippen LogP) is 2.69. The predicted molar refractivity (Wildman–Crippen MR) is 66.7 cm³/mol. The summed E-state index contributed by atoms with van der Waals surface area (Å²) >= 11 is 0. The van der Waals surface area contributed by atoms with Crippen LogP contribution in [0.25, 0.3) is 0 Å². The van der Waals surface area contributed by atoms with Crippen molar-refractivity contribution in [2.45, 2.75) is 65.2 Å². The zero-order chi connectivity index (χ0) is 11.6. The molecule has 0 aromatic heterocycles. The van der Waals surface area contributed by atoms with Gasteiger partial charge in [0.25, 0.3) is 0 Å². The third-order valence-corrected chi connectivity index (χ3v) is 4.96. The summed E-state index contributed by atoms with van der Waals surface area (Å²) in [5.74, 6) is 0. The highest BCUT2D eigenvalue weighted by atomic mass is 15.5. The minimum absolute atomic E-state index is 0.673. The smallest absolute Gasteiger partial charge is 0.142 e. The van der Waals surface area contributed by atoms with E-state index >= 15 is 0 Å². The quantitative estimate of drug-likeness (QED) is 0.513. The number of hydrogen-bond acceptors (Lipinski definition) is 1. The molecule has 0 bridgehead atoms. The summed E-state index contributed by atoms with van der Waals surface area (Å²) < 4.78 is 1.23. The SMILES string of the molecule is CCCCC[N+]1(C)C(C)C(C)N(C)C1C. The molecule has 1 aliphatic heterocycles. The van der Waals surface area contributed by atoms with E-state index in [1.807, 2.05) is 0 Å². The summed E-state index contributed by atoms with van der Waals surface area (Å²) in [7, 11) is 4.71. The van der Waals surface area contributed by atoms with Gasteiger partial charge in [0.1, 0.15) is 12.2 Å². The largest absolute Gasteiger partial charge is 0.308 e. The normalized spacial score (nSPS) is 42.4. The molecular weight excluding hydrogens is 184 g/mol. The minimum Gasteiger partial charge on any atom is -0.308 e. The average molecular weight is 213 g/mol. The molecule has 0 aromatic rings. The molecule has 0 aliphatic carbocycles.